The third-order valence-corrected chi connectivity index (χ3v) is 4.81. The van der Waals surface area contributed by atoms with Crippen molar-refractivity contribution in [2.75, 3.05) is 26.3 Å². The quantitative estimate of drug-likeness (QED) is 0.508. The first-order chi connectivity index (χ1) is 12.4. The summed E-state index contributed by atoms with van der Waals surface area (Å²) in [7, 11) is 0. The van der Waals surface area contributed by atoms with Gasteiger partial charge in [-0.15, -0.1) is 0 Å². The zero-order chi connectivity index (χ0) is 19.2. The van der Waals surface area contributed by atoms with Crippen molar-refractivity contribution >= 4 is 11.8 Å². The molecule has 7 nitrogen and oxygen atoms in total. The van der Waals surface area contributed by atoms with Crippen molar-refractivity contribution in [2.24, 2.45) is 0 Å². The van der Waals surface area contributed by atoms with E-state index in [2.05, 4.69) is 10.6 Å². The Hall–Kier alpha value is -2.03. The third-order valence-electron chi connectivity index (χ3n) is 4.81. The van der Waals surface area contributed by atoms with E-state index in [0.29, 0.717) is 26.1 Å². The molecule has 1 atom stereocenters. The number of hydrogen-bond donors (Lipinski definition) is 4. The van der Waals surface area contributed by atoms with Gasteiger partial charge in [-0.2, -0.15) is 0 Å². The molecule has 2 amide bonds. The Morgan fingerprint density at radius 1 is 1.35 bits per heavy atom. The van der Waals surface area contributed by atoms with Gasteiger partial charge in [0, 0.05) is 19.6 Å². The van der Waals surface area contributed by atoms with Gasteiger partial charge in [0.25, 0.3) is 0 Å². The largest absolute Gasteiger partial charge is 0.394 e. The minimum absolute atomic E-state index is 0.0885. The topological polar surface area (TPSA) is 102 Å². The minimum atomic E-state index is -1.09. The van der Waals surface area contributed by atoms with Gasteiger partial charge < -0.3 is 20.8 Å². The van der Waals surface area contributed by atoms with E-state index in [1.807, 2.05) is 4.90 Å². The van der Waals surface area contributed by atoms with Crippen LogP contribution in [0.15, 0.2) is 24.3 Å². The molecule has 0 spiro atoms. The molecule has 0 aromatic heterocycles. The number of nitrogens with one attached hydrogen (secondary N) is 2. The van der Waals surface area contributed by atoms with Gasteiger partial charge in [-0.1, -0.05) is 19.1 Å². The molecule has 0 unspecified atom stereocenters. The Balaban J connectivity index is 2.06. The average molecular weight is 367 g/mol. The van der Waals surface area contributed by atoms with E-state index in [-0.39, 0.29) is 31.4 Å². The number of hydrogen-bond acceptors (Lipinski definition) is 5. The smallest absolute Gasteiger partial charge is 0.237 e. The van der Waals surface area contributed by atoms with Crippen molar-refractivity contribution < 1.29 is 24.2 Å². The van der Waals surface area contributed by atoms with Crippen molar-refractivity contribution in [3.05, 3.63) is 35.6 Å². The van der Waals surface area contributed by atoms with E-state index in [1.165, 1.54) is 12.1 Å². The average Bonchev–Trinajstić information content (AvgIpc) is 2.64. The number of piperazine rings is 1. The van der Waals surface area contributed by atoms with Crippen molar-refractivity contribution in [3.63, 3.8) is 0 Å². The van der Waals surface area contributed by atoms with Gasteiger partial charge in [-0.3, -0.25) is 14.5 Å². The zero-order valence-electron chi connectivity index (χ0n) is 14.9. The first-order valence-electron chi connectivity index (χ1n) is 8.72. The van der Waals surface area contributed by atoms with E-state index < -0.39 is 17.5 Å². The van der Waals surface area contributed by atoms with E-state index in [9.17, 15) is 24.2 Å². The first-order valence-corrected chi connectivity index (χ1v) is 8.72. The summed E-state index contributed by atoms with van der Waals surface area (Å²) in [5.74, 6) is -0.991. The Kier molecular flexibility index (Phi) is 7.07. The second-order valence-corrected chi connectivity index (χ2v) is 6.61. The SMILES string of the molecule is CCC(CO)(CO)NC(=O)C[C@@H]1C(=O)NCCN1Cc1ccc(F)cc1. The van der Waals surface area contributed by atoms with Gasteiger partial charge in [-0.05, 0) is 24.1 Å². The lowest BCUT2D eigenvalue weighted by Gasteiger charge is -2.36. The zero-order valence-corrected chi connectivity index (χ0v) is 14.9. The van der Waals surface area contributed by atoms with Crippen molar-refractivity contribution in [1.82, 2.24) is 15.5 Å². The Labute approximate surface area is 152 Å². The summed E-state index contributed by atoms with van der Waals surface area (Å²) in [6, 6.07) is 5.36. The molecule has 1 fully saturated rings. The minimum Gasteiger partial charge on any atom is -0.394 e. The van der Waals surface area contributed by atoms with E-state index in [1.54, 1.807) is 19.1 Å². The number of carbonyl (C=O) groups is 2. The normalized spacial score (nSPS) is 18.5. The molecule has 1 aromatic rings. The van der Waals surface area contributed by atoms with Gasteiger partial charge in [0.1, 0.15) is 5.82 Å². The molecule has 1 aromatic carbocycles. The summed E-state index contributed by atoms with van der Waals surface area (Å²) < 4.78 is 13.1. The van der Waals surface area contributed by atoms with E-state index in [0.717, 1.165) is 5.56 Å². The number of carbonyl (C=O) groups excluding carboxylic acids is 2. The first kappa shape index (κ1) is 20.3. The van der Waals surface area contributed by atoms with Crippen LogP contribution in [-0.2, 0) is 16.1 Å². The highest BCUT2D eigenvalue weighted by Crippen LogP contribution is 2.16. The predicted molar refractivity (Wildman–Crippen MR) is 93.6 cm³/mol. The summed E-state index contributed by atoms with van der Waals surface area (Å²) >= 11 is 0. The van der Waals surface area contributed by atoms with Crippen LogP contribution >= 0.6 is 0 Å². The van der Waals surface area contributed by atoms with Gasteiger partial charge in [0.05, 0.1) is 31.2 Å². The number of aliphatic hydroxyl groups is 2. The van der Waals surface area contributed by atoms with Gasteiger partial charge in [0.2, 0.25) is 11.8 Å². The van der Waals surface area contributed by atoms with Crippen LogP contribution in [-0.4, -0.2) is 64.8 Å². The molecule has 0 saturated carbocycles. The molecule has 2 rings (SSSR count). The number of nitrogens with zero attached hydrogens (tertiary/aromatic N) is 1. The van der Waals surface area contributed by atoms with E-state index >= 15 is 0 Å². The van der Waals surface area contributed by atoms with Crippen LogP contribution in [0, 0.1) is 5.82 Å². The summed E-state index contributed by atoms with van der Waals surface area (Å²) in [4.78, 5) is 26.5. The molecule has 1 heterocycles. The second kappa shape index (κ2) is 9.07. The summed E-state index contributed by atoms with van der Waals surface area (Å²) in [5.41, 5.74) is -0.246. The lowest BCUT2D eigenvalue weighted by atomic mass is 9.97. The Bertz CT molecular complexity index is 611. The maximum atomic E-state index is 13.1. The Morgan fingerprint density at radius 2 is 2.00 bits per heavy atom. The van der Waals surface area contributed by atoms with Crippen molar-refractivity contribution in [3.8, 4) is 0 Å². The van der Waals surface area contributed by atoms with Gasteiger partial charge in [0.15, 0.2) is 0 Å². The number of amides is 2. The molecule has 1 saturated heterocycles. The maximum absolute atomic E-state index is 13.1. The molecular formula is C18H26FN3O4. The monoisotopic (exact) mass is 367 g/mol. The fourth-order valence-corrected chi connectivity index (χ4v) is 2.96. The van der Waals surface area contributed by atoms with Crippen molar-refractivity contribution in [1.29, 1.82) is 0 Å². The molecule has 1 aliphatic heterocycles. The molecule has 0 bridgehead atoms. The molecule has 8 heteroatoms. The van der Waals surface area contributed by atoms with Crippen LogP contribution < -0.4 is 10.6 Å². The van der Waals surface area contributed by atoms with Gasteiger partial charge >= 0.3 is 0 Å². The molecule has 4 N–H and O–H groups in total. The maximum Gasteiger partial charge on any atom is 0.237 e. The lowest BCUT2D eigenvalue weighted by molar-refractivity contribution is -0.135. The van der Waals surface area contributed by atoms with Crippen LogP contribution in [0.25, 0.3) is 0 Å². The summed E-state index contributed by atoms with van der Waals surface area (Å²) in [6.45, 7) is 2.44. The molecule has 1 aliphatic rings. The second-order valence-electron chi connectivity index (χ2n) is 6.61. The summed E-state index contributed by atoms with van der Waals surface area (Å²) in [5, 5.41) is 24.3. The van der Waals surface area contributed by atoms with Crippen LogP contribution in [0.1, 0.15) is 25.3 Å². The third kappa shape index (κ3) is 5.00. The standard InChI is InChI=1S/C18H26FN3O4/c1-2-18(11-23,12-24)21-16(25)9-15-17(26)20-7-8-22(15)10-13-3-5-14(19)6-4-13/h3-6,15,23-24H,2,7-12H2,1H3,(H,20,26)(H,21,25)/t15-/m1/s1. The number of benzene rings is 1. The number of halogens is 1. The predicted octanol–water partition coefficient (Wildman–Crippen LogP) is -0.234. The fourth-order valence-electron chi connectivity index (χ4n) is 2.96. The number of rotatable bonds is 8. The summed E-state index contributed by atoms with van der Waals surface area (Å²) in [6.07, 6.45) is 0.274. The lowest BCUT2D eigenvalue weighted by Crippen LogP contribution is -2.59. The molecule has 26 heavy (non-hydrogen) atoms. The highest BCUT2D eigenvalue weighted by Gasteiger charge is 2.34. The van der Waals surface area contributed by atoms with Crippen molar-refractivity contribution in [2.45, 2.75) is 37.9 Å². The van der Waals surface area contributed by atoms with E-state index in [4.69, 9.17) is 0 Å². The van der Waals surface area contributed by atoms with Crippen LogP contribution in [0.2, 0.25) is 0 Å². The van der Waals surface area contributed by atoms with Crippen LogP contribution in [0.3, 0.4) is 0 Å². The molecule has 0 aliphatic carbocycles. The molecule has 144 valence electrons. The van der Waals surface area contributed by atoms with Crippen LogP contribution in [0.4, 0.5) is 4.39 Å². The van der Waals surface area contributed by atoms with Crippen LogP contribution in [0.5, 0.6) is 0 Å². The fraction of sp³-hybridized carbons (Fsp3) is 0.556. The highest BCUT2D eigenvalue weighted by atomic mass is 19.1. The highest BCUT2D eigenvalue weighted by molar-refractivity contribution is 5.89. The van der Waals surface area contributed by atoms with Gasteiger partial charge in [-0.25, -0.2) is 4.39 Å². The Morgan fingerprint density at radius 3 is 2.58 bits per heavy atom. The molecular weight excluding hydrogens is 341 g/mol. The number of aliphatic hydroxyl groups excluding tert-OH is 2. The molecule has 0 radical (unpaired) electrons.